The maximum absolute atomic E-state index is 13.8. The summed E-state index contributed by atoms with van der Waals surface area (Å²) in [6, 6.07) is 21.5. The third-order valence-corrected chi connectivity index (χ3v) is 8.48. The van der Waals surface area contributed by atoms with Gasteiger partial charge in [0.15, 0.2) is 0 Å². The van der Waals surface area contributed by atoms with Crippen molar-refractivity contribution in [1.29, 1.82) is 0 Å². The molecular formula is C36H43N5O6S. The number of alkyl carbamates (subject to hydrolysis) is 2. The zero-order valence-electron chi connectivity index (χ0n) is 27.6. The zero-order chi connectivity index (χ0) is 34.6. The van der Waals surface area contributed by atoms with Crippen molar-refractivity contribution in [3.63, 3.8) is 0 Å². The molecule has 2 aromatic carbocycles. The number of benzene rings is 2. The van der Waals surface area contributed by atoms with Gasteiger partial charge in [0.25, 0.3) is 0 Å². The van der Waals surface area contributed by atoms with Crippen molar-refractivity contribution in [2.45, 2.75) is 70.9 Å². The van der Waals surface area contributed by atoms with Crippen molar-refractivity contribution in [2.24, 2.45) is 5.41 Å². The Morgan fingerprint density at radius 1 is 0.917 bits per heavy atom. The van der Waals surface area contributed by atoms with E-state index >= 15 is 0 Å². The molecule has 0 fully saturated rings. The minimum atomic E-state index is -1.76. The number of ether oxygens (including phenoxy) is 2. The van der Waals surface area contributed by atoms with Crippen molar-refractivity contribution >= 4 is 29.4 Å². The molecule has 0 aliphatic heterocycles. The van der Waals surface area contributed by atoms with E-state index in [1.165, 1.54) is 18.4 Å². The van der Waals surface area contributed by atoms with Crippen LogP contribution in [0.5, 0.6) is 0 Å². The number of aromatic nitrogens is 2. The summed E-state index contributed by atoms with van der Waals surface area (Å²) in [5, 5.41) is 20.5. The van der Waals surface area contributed by atoms with E-state index in [1.807, 2.05) is 72.8 Å². The highest BCUT2D eigenvalue weighted by molar-refractivity contribution is 7.09. The van der Waals surface area contributed by atoms with Gasteiger partial charge in [-0.3, -0.25) is 14.8 Å². The van der Waals surface area contributed by atoms with E-state index in [-0.39, 0.29) is 25.9 Å². The number of carbonyl (C=O) groups is 3. The van der Waals surface area contributed by atoms with Crippen LogP contribution < -0.4 is 16.0 Å². The predicted molar refractivity (Wildman–Crippen MR) is 184 cm³/mol. The van der Waals surface area contributed by atoms with E-state index in [0.717, 1.165) is 27.3 Å². The fraction of sp³-hybridized carbons (Fsp3) is 0.361. The monoisotopic (exact) mass is 673 g/mol. The molecule has 48 heavy (non-hydrogen) atoms. The maximum atomic E-state index is 13.8. The third kappa shape index (κ3) is 11.2. The highest BCUT2D eigenvalue weighted by atomic mass is 32.1. The van der Waals surface area contributed by atoms with Crippen molar-refractivity contribution in [3.05, 3.63) is 107 Å². The van der Waals surface area contributed by atoms with Gasteiger partial charge in [-0.05, 0) is 47.9 Å². The molecule has 0 unspecified atom stereocenters. The van der Waals surface area contributed by atoms with E-state index in [0.29, 0.717) is 6.42 Å². The number of pyridine rings is 1. The van der Waals surface area contributed by atoms with Gasteiger partial charge in [-0.15, -0.1) is 11.3 Å². The average Bonchev–Trinajstić information content (AvgIpc) is 3.60. The van der Waals surface area contributed by atoms with Gasteiger partial charge in [-0.25, -0.2) is 9.59 Å². The molecular weight excluding hydrogens is 630 g/mol. The molecule has 2 heterocycles. The van der Waals surface area contributed by atoms with Crippen LogP contribution >= 0.6 is 11.3 Å². The molecule has 12 heteroatoms. The van der Waals surface area contributed by atoms with Crippen LogP contribution in [-0.4, -0.2) is 58.1 Å². The molecule has 254 valence electrons. The molecule has 2 aromatic heterocycles. The minimum absolute atomic E-state index is 0.0597. The number of nitrogens with zero attached hydrogens (tertiary/aromatic N) is 2. The third-order valence-electron chi connectivity index (χ3n) is 7.73. The summed E-state index contributed by atoms with van der Waals surface area (Å²) < 4.78 is 10.2. The number of aliphatic hydroxyl groups is 1. The first-order valence-electron chi connectivity index (χ1n) is 15.7. The standard InChI is InChI=1S/C36H43N5O6S/c1-35(2,3)31(40-33(43)46-4)32(42)41-36(45,21-26-13-15-27(16-14-26)30-12-8-9-19-38-30)18-17-28(20-25-10-6-5-7-11-25)39-34(44)47-23-29-22-37-24-48-29/h5-16,19,22,24,28,31,45H,17-18,20-21,23H2,1-4H3,(H,39,44)(H,40,43)(H,41,42)/t28-,31+,36-/m0/s1. The van der Waals surface area contributed by atoms with Gasteiger partial charge in [0.1, 0.15) is 18.4 Å². The molecule has 0 saturated heterocycles. The molecule has 3 amide bonds. The quantitative estimate of drug-likeness (QED) is 0.126. The van der Waals surface area contributed by atoms with Crippen LogP contribution in [0.3, 0.4) is 0 Å². The second kappa shape index (κ2) is 16.8. The number of thiazole rings is 1. The van der Waals surface area contributed by atoms with Gasteiger partial charge in [-0.1, -0.05) is 81.4 Å². The maximum Gasteiger partial charge on any atom is 0.407 e. The van der Waals surface area contributed by atoms with Crippen LogP contribution in [0.25, 0.3) is 11.3 Å². The Kier molecular flexibility index (Phi) is 12.6. The molecule has 0 aliphatic carbocycles. The summed E-state index contributed by atoms with van der Waals surface area (Å²) in [5.74, 6) is -0.572. The van der Waals surface area contributed by atoms with Crippen LogP contribution in [0.1, 0.15) is 49.6 Å². The lowest BCUT2D eigenvalue weighted by Crippen LogP contribution is -2.60. The Morgan fingerprint density at radius 3 is 2.27 bits per heavy atom. The number of methoxy groups -OCH3 is 1. The summed E-state index contributed by atoms with van der Waals surface area (Å²) in [5.41, 5.74) is 2.68. The fourth-order valence-electron chi connectivity index (χ4n) is 5.21. The highest BCUT2D eigenvalue weighted by Crippen LogP contribution is 2.25. The second-order valence-corrected chi connectivity index (χ2v) is 13.6. The minimum Gasteiger partial charge on any atom is -0.453 e. The van der Waals surface area contributed by atoms with Crippen molar-refractivity contribution < 1.29 is 29.0 Å². The lowest BCUT2D eigenvalue weighted by atomic mass is 9.85. The number of amides is 3. The molecule has 4 N–H and O–H groups in total. The van der Waals surface area contributed by atoms with E-state index in [9.17, 15) is 19.5 Å². The molecule has 0 aliphatic rings. The SMILES string of the molecule is COC(=O)N[C@H](C(=O)N[C@](O)(CC[C@@H](Cc1ccccc1)NC(=O)OCc1cncs1)Cc1ccc(-c2ccccn2)cc1)C(C)(C)C. The Balaban J connectivity index is 1.56. The average molecular weight is 674 g/mol. The predicted octanol–water partition coefficient (Wildman–Crippen LogP) is 5.64. The molecule has 0 bridgehead atoms. The van der Waals surface area contributed by atoms with E-state index in [4.69, 9.17) is 9.47 Å². The number of nitrogens with one attached hydrogen (secondary N) is 3. The summed E-state index contributed by atoms with van der Waals surface area (Å²) in [7, 11) is 1.22. The molecule has 0 radical (unpaired) electrons. The van der Waals surface area contributed by atoms with Crippen molar-refractivity contribution in [3.8, 4) is 11.3 Å². The normalized spacial score (nSPS) is 13.8. The Bertz CT molecular complexity index is 1600. The first-order valence-corrected chi connectivity index (χ1v) is 16.6. The van der Waals surface area contributed by atoms with Gasteiger partial charge in [0.2, 0.25) is 5.91 Å². The van der Waals surface area contributed by atoms with Gasteiger partial charge in [0.05, 0.1) is 23.2 Å². The van der Waals surface area contributed by atoms with E-state index in [1.54, 1.807) is 38.7 Å². The number of rotatable bonds is 14. The molecule has 4 rings (SSSR count). The van der Waals surface area contributed by atoms with Crippen LogP contribution in [0, 0.1) is 5.41 Å². The number of hydrogen-bond donors (Lipinski definition) is 4. The van der Waals surface area contributed by atoms with Gasteiger partial charge >= 0.3 is 12.2 Å². The number of hydrogen-bond acceptors (Lipinski definition) is 9. The van der Waals surface area contributed by atoms with E-state index < -0.39 is 41.3 Å². The summed E-state index contributed by atoms with van der Waals surface area (Å²) in [6.45, 7) is 5.51. The summed E-state index contributed by atoms with van der Waals surface area (Å²) >= 11 is 1.39. The van der Waals surface area contributed by atoms with Crippen LogP contribution in [0.15, 0.2) is 90.7 Å². The van der Waals surface area contributed by atoms with E-state index in [2.05, 4.69) is 25.9 Å². The molecule has 0 spiro atoms. The summed E-state index contributed by atoms with van der Waals surface area (Å²) in [6.07, 6.45) is 2.89. The highest BCUT2D eigenvalue weighted by Gasteiger charge is 2.38. The lowest BCUT2D eigenvalue weighted by molar-refractivity contribution is -0.134. The fourth-order valence-corrected chi connectivity index (χ4v) is 5.71. The van der Waals surface area contributed by atoms with Crippen LogP contribution in [-0.2, 0) is 33.7 Å². The Labute approximate surface area is 285 Å². The van der Waals surface area contributed by atoms with Gasteiger partial charge < -0.3 is 30.5 Å². The van der Waals surface area contributed by atoms with Crippen molar-refractivity contribution in [1.82, 2.24) is 25.9 Å². The first kappa shape index (κ1) is 36.0. The Hall–Kier alpha value is -4.81. The largest absolute Gasteiger partial charge is 0.453 e. The molecule has 4 aromatic rings. The molecule has 11 nitrogen and oxygen atoms in total. The summed E-state index contributed by atoms with van der Waals surface area (Å²) in [4.78, 5) is 48.0. The van der Waals surface area contributed by atoms with Crippen LogP contribution in [0.4, 0.5) is 9.59 Å². The van der Waals surface area contributed by atoms with Crippen LogP contribution in [0.2, 0.25) is 0 Å². The van der Waals surface area contributed by atoms with Gasteiger partial charge in [0, 0.05) is 30.4 Å². The Morgan fingerprint density at radius 2 is 1.65 bits per heavy atom. The lowest BCUT2D eigenvalue weighted by Gasteiger charge is -2.36. The van der Waals surface area contributed by atoms with Crippen molar-refractivity contribution in [2.75, 3.05) is 7.11 Å². The first-order chi connectivity index (χ1) is 22.9. The second-order valence-electron chi connectivity index (χ2n) is 12.7. The smallest absolute Gasteiger partial charge is 0.407 e. The zero-order valence-corrected chi connectivity index (χ0v) is 28.5. The molecule has 3 atom stereocenters. The van der Waals surface area contributed by atoms with Gasteiger partial charge in [-0.2, -0.15) is 0 Å². The topological polar surface area (TPSA) is 152 Å². The molecule has 0 saturated carbocycles. The number of carbonyl (C=O) groups excluding carboxylic acids is 3.